The van der Waals surface area contributed by atoms with E-state index in [4.69, 9.17) is 10.00 Å². The standard InChI is InChI=1S/C16H15F3N4O/c17-16(18,19)12-3-1-11(2-4-12)10-24-15-9-21-8-14(15)23-6-5-13(7-20)22-23/h1-6,14-15,21H,8-10H2. The Balaban J connectivity index is 1.62. The van der Waals surface area contributed by atoms with Crippen LogP contribution in [0.3, 0.4) is 0 Å². The van der Waals surface area contributed by atoms with Crippen molar-refractivity contribution in [3.63, 3.8) is 0 Å². The SMILES string of the molecule is N#Cc1ccn(C2CNCC2OCc2ccc(C(F)(F)F)cc2)n1. The molecular formula is C16H15F3N4O. The molecule has 8 heteroatoms. The summed E-state index contributed by atoms with van der Waals surface area (Å²) in [6.07, 6.45) is -2.78. The van der Waals surface area contributed by atoms with Crippen molar-refractivity contribution in [3.8, 4) is 6.07 Å². The number of ether oxygens (including phenoxy) is 1. The Kier molecular flexibility index (Phi) is 4.55. The Bertz CT molecular complexity index is 733. The molecule has 1 aliphatic heterocycles. The van der Waals surface area contributed by atoms with Crippen LogP contribution in [0.25, 0.3) is 0 Å². The van der Waals surface area contributed by atoms with Gasteiger partial charge < -0.3 is 10.1 Å². The van der Waals surface area contributed by atoms with Crippen LogP contribution < -0.4 is 5.32 Å². The maximum atomic E-state index is 12.5. The predicted molar refractivity (Wildman–Crippen MR) is 78.9 cm³/mol. The summed E-state index contributed by atoms with van der Waals surface area (Å²) in [5, 5.41) is 16.2. The highest BCUT2D eigenvalue weighted by atomic mass is 19.4. The molecule has 1 N–H and O–H groups in total. The Morgan fingerprint density at radius 3 is 2.62 bits per heavy atom. The number of hydrogen-bond acceptors (Lipinski definition) is 4. The van der Waals surface area contributed by atoms with Gasteiger partial charge in [0.2, 0.25) is 0 Å². The molecule has 0 spiro atoms. The Morgan fingerprint density at radius 2 is 2.00 bits per heavy atom. The van der Waals surface area contributed by atoms with E-state index >= 15 is 0 Å². The van der Waals surface area contributed by atoms with Crippen molar-refractivity contribution in [2.24, 2.45) is 0 Å². The number of aromatic nitrogens is 2. The zero-order chi connectivity index (χ0) is 17.2. The van der Waals surface area contributed by atoms with Crippen LogP contribution in [-0.4, -0.2) is 29.0 Å². The van der Waals surface area contributed by atoms with E-state index in [2.05, 4.69) is 10.4 Å². The quantitative estimate of drug-likeness (QED) is 0.932. The van der Waals surface area contributed by atoms with Crippen molar-refractivity contribution in [2.45, 2.75) is 24.9 Å². The molecule has 1 saturated heterocycles. The zero-order valence-electron chi connectivity index (χ0n) is 12.6. The molecule has 5 nitrogen and oxygen atoms in total. The molecule has 2 aromatic rings. The number of alkyl halides is 3. The Hall–Kier alpha value is -2.37. The first kappa shape index (κ1) is 16.5. The fourth-order valence-corrected chi connectivity index (χ4v) is 2.65. The maximum Gasteiger partial charge on any atom is 0.416 e. The molecule has 3 rings (SSSR count). The molecule has 2 atom stereocenters. The number of rotatable bonds is 4. The van der Waals surface area contributed by atoms with Crippen LogP contribution in [0.1, 0.15) is 22.9 Å². The van der Waals surface area contributed by atoms with Gasteiger partial charge in [-0.25, -0.2) is 0 Å². The molecule has 1 aromatic carbocycles. The van der Waals surface area contributed by atoms with Crippen molar-refractivity contribution in [3.05, 3.63) is 53.3 Å². The molecule has 0 aliphatic carbocycles. The normalized spacial score (nSPS) is 20.9. The van der Waals surface area contributed by atoms with Gasteiger partial charge in [-0.05, 0) is 23.8 Å². The van der Waals surface area contributed by atoms with Gasteiger partial charge in [0.15, 0.2) is 5.69 Å². The third kappa shape index (κ3) is 3.58. The minimum Gasteiger partial charge on any atom is -0.370 e. The number of hydrogen-bond donors (Lipinski definition) is 1. The lowest BCUT2D eigenvalue weighted by molar-refractivity contribution is -0.137. The van der Waals surface area contributed by atoms with Gasteiger partial charge in [0.1, 0.15) is 6.07 Å². The van der Waals surface area contributed by atoms with Crippen LogP contribution >= 0.6 is 0 Å². The van der Waals surface area contributed by atoms with Crippen LogP contribution in [0, 0.1) is 11.3 Å². The van der Waals surface area contributed by atoms with Crippen LogP contribution in [0.15, 0.2) is 36.5 Å². The largest absolute Gasteiger partial charge is 0.416 e. The van der Waals surface area contributed by atoms with E-state index in [9.17, 15) is 13.2 Å². The molecule has 2 heterocycles. The summed E-state index contributed by atoms with van der Waals surface area (Å²) in [5.74, 6) is 0. The molecule has 1 fully saturated rings. The first-order valence-electron chi connectivity index (χ1n) is 7.41. The molecule has 1 aliphatic rings. The summed E-state index contributed by atoms with van der Waals surface area (Å²) in [7, 11) is 0. The van der Waals surface area contributed by atoms with Crippen molar-refractivity contribution < 1.29 is 17.9 Å². The lowest BCUT2D eigenvalue weighted by atomic mass is 10.1. The van der Waals surface area contributed by atoms with E-state index in [1.807, 2.05) is 6.07 Å². The van der Waals surface area contributed by atoms with Crippen molar-refractivity contribution in [1.29, 1.82) is 5.26 Å². The maximum absolute atomic E-state index is 12.5. The molecule has 126 valence electrons. The zero-order valence-corrected chi connectivity index (χ0v) is 12.6. The topological polar surface area (TPSA) is 62.9 Å². The van der Waals surface area contributed by atoms with Crippen LogP contribution in [0.2, 0.25) is 0 Å². The number of nitrogens with one attached hydrogen (secondary N) is 1. The van der Waals surface area contributed by atoms with E-state index in [1.54, 1.807) is 16.9 Å². The van der Waals surface area contributed by atoms with E-state index in [0.29, 0.717) is 24.3 Å². The molecular weight excluding hydrogens is 321 g/mol. The summed E-state index contributed by atoms with van der Waals surface area (Å²) in [6.45, 7) is 1.49. The summed E-state index contributed by atoms with van der Waals surface area (Å²) in [5.41, 5.74) is 0.336. The van der Waals surface area contributed by atoms with E-state index < -0.39 is 11.7 Å². The van der Waals surface area contributed by atoms with Gasteiger partial charge in [-0.15, -0.1) is 0 Å². The summed E-state index contributed by atoms with van der Waals surface area (Å²) in [6, 6.07) is 8.49. The molecule has 24 heavy (non-hydrogen) atoms. The number of nitrogens with zero attached hydrogens (tertiary/aromatic N) is 3. The average Bonchev–Trinajstić information content (AvgIpc) is 3.21. The highest BCUT2D eigenvalue weighted by Crippen LogP contribution is 2.29. The van der Waals surface area contributed by atoms with Gasteiger partial charge in [-0.3, -0.25) is 4.68 Å². The van der Waals surface area contributed by atoms with E-state index in [-0.39, 0.29) is 18.8 Å². The molecule has 0 bridgehead atoms. The fourth-order valence-electron chi connectivity index (χ4n) is 2.65. The first-order valence-corrected chi connectivity index (χ1v) is 7.41. The fraction of sp³-hybridized carbons (Fsp3) is 0.375. The Labute approximate surface area is 136 Å². The molecule has 1 aromatic heterocycles. The third-order valence-corrected chi connectivity index (χ3v) is 3.94. The van der Waals surface area contributed by atoms with Gasteiger partial charge in [0.05, 0.1) is 24.3 Å². The smallest absolute Gasteiger partial charge is 0.370 e. The predicted octanol–water partition coefficient (Wildman–Crippen LogP) is 2.50. The van der Waals surface area contributed by atoms with Gasteiger partial charge in [-0.2, -0.15) is 23.5 Å². The third-order valence-electron chi connectivity index (χ3n) is 3.94. The second-order valence-electron chi connectivity index (χ2n) is 5.56. The van der Waals surface area contributed by atoms with E-state index in [1.165, 1.54) is 12.1 Å². The van der Waals surface area contributed by atoms with E-state index in [0.717, 1.165) is 12.1 Å². The number of halogens is 3. The molecule has 2 unspecified atom stereocenters. The average molecular weight is 336 g/mol. The van der Waals surface area contributed by atoms with Crippen molar-refractivity contribution in [1.82, 2.24) is 15.1 Å². The Morgan fingerprint density at radius 1 is 1.25 bits per heavy atom. The molecule has 0 radical (unpaired) electrons. The number of benzene rings is 1. The van der Waals surface area contributed by atoms with Gasteiger partial charge in [-0.1, -0.05) is 12.1 Å². The van der Waals surface area contributed by atoms with Gasteiger partial charge in [0, 0.05) is 19.3 Å². The van der Waals surface area contributed by atoms with Crippen LogP contribution in [0.5, 0.6) is 0 Å². The number of nitriles is 1. The van der Waals surface area contributed by atoms with Crippen LogP contribution in [-0.2, 0) is 17.5 Å². The lowest BCUT2D eigenvalue weighted by Crippen LogP contribution is -2.26. The van der Waals surface area contributed by atoms with Crippen molar-refractivity contribution >= 4 is 0 Å². The second-order valence-corrected chi connectivity index (χ2v) is 5.56. The van der Waals surface area contributed by atoms with Gasteiger partial charge >= 0.3 is 6.18 Å². The first-order chi connectivity index (χ1) is 11.5. The van der Waals surface area contributed by atoms with Gasteiger partial charge in [0.25, 0.3) is 0 Å². The van der Waals surface area contributed by atoms with Crippen molar-refractivity contribution in [2.75, 3.05) is 13.1 Å². The monoisotopic (exact) mass is 336 g/mol. The molecule has 0 saturated carbocycles. The summed E-state index contributed by atoms with van der Waals surface area (Å²) >= 11 is 0. The van der Waals surface area contributed by atoms with Crippen LogP contribution in [0.4, 0.5) is 13.2 Å². The minimum absolute atomic E-state index is 0.0541. The highest BCUT2D eigenvalue weighted by Gasteiger charge is 2.31. The summed E-state index contributed by atoms with van der Waals surface area (Å²) < 4.78 is 45.2. The minimum atomic E-state index is -4.33. The molecule has 0 amide bonds. The second kappa shape index (κ2) is 6.63. The highest BCUT2D eigenvalue weighted by molar-refractivity contribution is 5.24. The lowest BCUT2D eigenvalue weighted by Gasteiger charge is -2.19. The summed E-state index contributed by atoms with van der Waals surface area (Å²) in [4.78, 5) is 0.